The first-order valence-corrected chi connectivity index (χ1v) is 10.8. The fourth-order valence-electron chi connectivity index (χ4n) is 6.05. The van der Waals surface area contributed by atoms with E-state index >= 15 is 0 Å². The van der Waals surface area contributed by atoms with E-state index < -0.39 is 22.1 Å². The number of aliphatic carboxylic acids is 1. The van der Waals surface area contributed by atoms with Gasteiger partial charge in [-0.1, -0.05) is 6.42 Å². The first-order chi connectivity index (χ1) is 11.2. The Morgan fingerprint density at radius 2 is 1.75 bits per heavy atom. The van der Waals surface area contributed by atoms with Crippen LogP contribution in [0.5, 0.6) is 0 Å². The summed E-state index contributed by atoms with van der Waals surface area (Å²) >= 11 is 0. The molecule has 0 spiro atoms. The molecule has 6 nitrogen and oxygen atoms in total. The fourth-order valence-corrected chi connectivity index (χ4v) is 6.62. The molecule has 0 heterocycles. The van der Waals surface area contributed by atoms with Crippen molar-refractivity contribution >= 4 is 16.1 Å². The molecule has 0 aliphatic heterocycles. The van der Waals surface area contributed by atoms with E-state index in [0.717, 1.165) is 24.7 Å². The van der Waals surface area contributed by atoms with Gasteiger partial charge in [0.15, 0.2) is 0 Å². The SMILES string of the molecule is N[C@@H](CC1C2CC3CC(C2)C(CCCCS(=O)(=O)O)C1C3)C(=O)O. The summed E-state index contributed by atoms with van der Waals surface area (Å²) in [6.07, 6.45) is 7.77. The van der Waals surface area contributed by atoms with Gasteiger partial charge in [0.25, 0.3) is 10.1 Å². The average molecular weight is 359 g/mol. The molecule has 0 amide bonds. The van der Waals surface area contributed by atoms with Crippen LogP contribution in [0.4, 0.5) is 0 Å². The first kappa shape index (κ1) is 18.1. The zero-order valence-corrected chi connectivity index (χ0v) is 14.8. The number of carboxylic acid groups (broad SMARTS) is 1. The molecular formula is C17H29NO5S. The van der Waals surface area contributed by atoms with Crippen LogP contribution < -0.4 is 5.73 Å². The number of carbonyl (C=O) groups is 1. The monoisotopic (exact) mass is 359 g/mol. The van der Waals surface area contributed by atoms with Crippen molar-refractivity contribution in [3.63, 3.8) is 0 Å². The number of carboxylic acids is 1. The minimum atomic E-state index is -3.87. The topological polar surface area (TPSA) is 118 Å². The molecule has 4 aliphatic carbocycles. The molecule has 7 atom stereocenters. The maximum absolute atomic E-state index is 11.1. The van der Waals surface area contributed by atoms with E-state index in [1.807, 2.05) is 0 Å². The molecular weight excluding hydrogens is 330 g/mol. The second-order valence-electron chi connectivity index (χ2n) is 8.28. The lowest BCUT2D eigenvalue weighted by molar-refractivity contribution is -0.141. The zero-order valence-electron chi connectivity index (χ0n) is 14.0. The van der Waals surface area contributed by atoms with E-state index in [9.17, 15) is 13.2 Å². The molecule has 0 aromatic carbocycles. The molecule has 6 unspecified atom stereocenters. The second kappa shape index (κ2) is 6.92. The van der Waals surface area contributed by atoms with Crippen LogP contribution in [0.2, 0.25) is 0 Å². The van der Waals surface area contributed by atoms with Gasteiger partial charge in [0.2, 0.25) is 0 Å². The Balaban J connectivity index is 1.61. The molecule has 0 saturated heterocycles. The largest absolute Gasteiger partial charge is 0.480 e. The standard InChI is InChI=1S/C17H29NO5S/c18-16(17(19)20)9-14-12-6-10-5-11(8-12)13(15(14)7-10)3-1-2-4-24(21,22)23/h10-16H,1-9,18H2,(H,19,20)(H,21,22,23)/t10?,11?,12?,13?,14?,15?,16-/m0/s1. The van der Waals surface area contributed by atoms with Gasteiger partial charge >= 0.3 is 5.97 Å². The summed E-state index contributed by atoms with van der Waals surface area (Å²) in [6.45, 7) is 0. The average Bonchev–Trinajstić information content (AvgIpc) is 2.47. The highest BCUT2D eigenvalue weighted by Crippen LogP contribution is 2.61. The van der Waals surface area contributed by atoms with Crippen molar-refractivity contribution in [2.75, 3.05) is 5.75 Å². The van der Waals surface area contributed by atoms with E-state index in [-0.39, 0.29) is 5.75 Å². The molecule has 0 aromatic rings. The summed E-state index contributed by atoms with van der Waals surface area (Å²) in [5.74, 6) is 2.62. The Morgan fingerprint density at radius 1 is 1.08 bits per heavy atom. The smallest absolute Gasteiger partial charge is 0.320 e. The lowest BCUT2D eigenvalue weighted by atomic mass is 9.46. The number of rotatable bonds is 8. The Hall–Kier alpha value is -0.660. The van der Waals surface area contributed by atoms with Crippen LogP contribution in [0, 0.1) is 35.5 Å². The van der Waals surface area contributed by atoms with E-state index in [1.165, 1.54) is 25.7 Å². The molecule has 4 aliphatic rings. The van der Waals surface area contributed by atoms with Gasteiger partial charge in [-0.2, -0.15) is 8.42 Å². The van der Waals surface area contributed by atoms with Crippen molar-refractivity contribution in [3.05, 3.63) is 0 Å². The summed E-state index contributed by atoms with van der Waals surface area (Å²) in [7, 11) is -3.87. The molecule has 138 valence electrons. The minimum Gasteiger partial charge on any atom is -0.480 e. The summed E-state index contributed by atoms with van der Waals surface area (Å²) in [6, 6.07) is -0.771. The Kier molecular flexibility index (Phi) is 5.23. The highest BCUT2D eigenvalue weighted by atomic mass is 32.2. The van der Waals surface area contributed by atoms with Crippen molar-refractivity contribution < 1.29 is 22.9 Å². The molecule has 24 heavy (non-hydrogen) atoms. The lowest BCUT2D eigenvalue weighted by Crippen LogP contribution is -2.52. The van der Waals surface area contributed by atoms with E-state index in [2.05, 4.69) is 0 Å². The minimum absolute atomic E-state index is 0.159. The Labute approximate surface area is 143 Å². The lowest BCUT2D eigenvalue weighted by Gasteiger charge is -2.59. The van der Waals surface area contributed by atoms with Gasteiger partial charge in [0.1, 0.15) is 6.04 Å². The number of hydrogen-bond acceptors (Lipinski definition) is 4. The van der Waals surface area contributed by atoms with Gasteiger partial charge in [0, 0.05) is 0 Å². The molecule has 4 saturated carbocycles. The van der Waals surface area contributed by atoms with Crippen molar-refractivity contribution in [1.82, 2.24) is 0 Å². The van der Waals surface area contributed by atoms with Crippen LogP contribution >= 0.6 is 0 Å². The summed E-state index contributed by atoms with van der Waals surface area (Å²) < 4.78 is 30.6. The maximum Gasteiger partial charge on any atom is 0.320 e. The third kappa shape index (κ3) is 3.94. The van der Waals surface area contributed by atoms with Gasteiger partial charge in [-0.05, 0) is 80.5 Å². The van der Waals surface area contributed by atoms with Crippen molar-refractivity contribution in [2.24, 2.45) is 41.2 Å². The highest BCUT2D eigenvalue weighted by Gasteiger charge is 2.53. The van der Waals surface area contributed by atoms with Crippen LogP contribution in [0.3, 0.4) is 0 Å². The third-order valence-corrected chi connectivity index (χ3v) is 7.63. The predicted molar refractivity (Wildman–Crippen MR) is 89.9 cm³/mol. The van der Waals surface area contributed by atoms with Crippen molar-refractivity contribution in [3.8, 4) is 0 Å². The van der Waals surface area contributed by atoms with E-state index in [4.69, 9.17) is 15.4 Å². The molecule has 0 aromatic heterocycles. The van der Waals surface area contributed by atoms with Gasteiger partial charge < -0.3 is 10.8 Å². The Bertz CT molecular complexity index is 578. The van der Waals surface area contributed by atoms with Crippen LogP contribution in [0.1, 0.15) is 51.4 Å². The molecule has 4 rings (SSSR count). The van der Waals surface area contributed by atoms with Crippen LogP contribution in [-0.2, 0) is 14.9 Å². The zero-order chi connectivity index (χ0) is 17.5. The Morgan fingerprint density at radius 3 is 2.38 bits per heavy atom. The number of hydrogen-bond donors (Lipinski definition) is 3. The van der Waals surface area contributed by atoms with Gasteiger partial charge in [-0.15, -0.1) is 0 Å². The van der Waals surface area contributed by atoms with Gasteiger partial charge in [-0.25, -0.2) is 0 Å². The molecule has 4 fully saturated rings. The second-order valence-corrected chi connectivity index (χ2v) is 9.85. The maximum atomic E-state index is 11.1. The normalized spacial score (nSPS) is 39.1. The summed E-state index contributed by atoms with van der Waals surface area (Å²) in [4.78, 5) is 11.1. The summed E-state index contributed by atoms with van der Waals surface area (Å²) in [5, 5.41) is 9.15. The quantitative estimate of drug-likeness (QED) is 0.451. The van der Waals surface area contributed by atoms with Crippen LogP contribution in [-0.4, -0.2) is 35.8 Å². The van der Waals surface area contributed by atoms with Gasteiger partial charge in [-0.3, -0.25) is 9.35 Å². The third-order valence-electron chi connectivity index (χ3n) is 6.83. The first-order valence-electron chi connectivity index (χ1n) is 9.18. The molecule has 7 heteroatoms. The van der Waals surface area contributed by atoms with Crippen LogP contribution in [0.25, 0.3) is 0 Å². The van der Waals surface area contributed by atoms with E-state index in [0.29, 0.717) is 36.5 Å². The van der Waals surface area contributed by atoms with Gasteiger partial charge in [0.05, 0.1) is 5.75 Å². The number of unbranched alkanes of at least 4 members (excludes halogenated alkanes) is 1. The highest BCUT2D eigenvalue weighted by molar-refractivity contribution is 7.85. The van der Waals surface area contributed by atoms with Crippen LogP contribution in [0.15, 0.2) is 0 Å². The summed E-state index contributed by atoms with van der Waals surface area (Å²) in [5.41, 5.74) is 5.82. The molecule has 4 bridgehead atoms. The fraction of sp³-hybridized carbons (Fsp3) is 0.941. The molecule has 0 radical (unpaired) electrons. The molecule has 4 N–H and O–H groups in total. The van der Waals surface area contributed by atoms with E-state index in [1.54, 1.807) is 0 Å². The predicted octanol–water partition coefficient (Wildman–Crippen LogP) is 2.14. The van der Waals surface area contributed by atoms with Crippen molar-refractivity contribution in [1.29, 1.82) is 0 Å². The van der Waals surface area contributed by atoms with Crippen molar-refractivity contribution in [2.45, 2.75) is 57.4 Å². The number of nitrogens with two attached hydrogens (primary N) is 1.